The molecule has 1 aliphatic rings. The molecule has 2 aromatic carbocycles. The molecule has 4 rings (SSSR count). The van der Waals surface area contributed by atoms with Gasteiger partial charge in [0.2, 0.25) is 0 Å². The first-order valence-corrected chi connectivity index (χ1v) is 12.8. The van der Waals surface area contributed by atoms with Crippen LogP contribution < -0.4 is 14.8 Å². The summed E-state index contributed by atoms with van der Waals surface area (Å²) < 4.78 is 17.7. The van der Waals surface area contributed by atoms with Crippen molar-refractivity contribution in [3.05, 3.63) is 48.5 Å². The van der Waals surface area contributed by atoms with Crippen LogP contribution in [0.3, 0.4) is 0 Å². The molecule has 0 spiro atoms. The Morgan fingerprint density at radius 2 is 1.80 bits per heavy atom. The second-order valence-electron chi connectivity index (χ2n) is 8.36. The third-order valence-corrected chi connectivity index (χ3v) is 6.81. The number of hydrogen-bond donors (Lipinski definition) is 1. The van der Waals surface area contributed by atoms with Crippen molar-refractivity contribution in [3.8, 4) is 16.7 Å². The second-order valence-corrected chi connectivity index (χ2v) is 9.35. The number of hydrogen-bond acceptors (Lipinski definition) is 9. The van der Waals surface area contributed by atoms with Gasteiger partial charge in [0.15, 0.2) is 0 Å². The smallest absolute Gasteiger partial charge is 0.319 e. The zero-order valence-electron chi connectivity index (χ0n) is 19.9. The molecule has 0 saturated carbocycles. The highest BCUT2D eigenvalue weighted by Gasteiger charge is 2.24. The van der Waals surface area contributed by atoms with Gasteiger partial charge in [-0.1, -0.05) is 23.5 Å². The van der Waals surface area contributed by atoms with Crippen LogP contribution in [0.15, 0.2) is 48.5 Å². The predicted molar refractivity (Wildman–Crippen MR) is 135 cm³/mol. The van der Waals surface area contributed by atoms with Crippen molar-refractivity contribution in [2.45, 2.75) is 19.8 Å². The molecule has 9 heteroatoms. The third-order valence-electron chi connectivity index (χ3n) is 5.90. The van der Waals surface area contributed by atoms with Gasteiger partial charge in [0.05, 0.1) is 29.9 Å². The number of rotatable bonds is 12. The lowest BCUT2D eigenvalue weighted by atomic mass is 9.92. The van der Waals surface area contributed by atoms with Gasteiger partial charge in [-0.3, -0.25) is 14.5 Å². The molecule has 1 fully saturated rings. The first-order chi connectivity index (χ1) is 17.1. The fraction of sp³-hybridized carbons (Fsp3) is 0.423. The molecule has 0 bridgehead atoms. The Labute approximate surface area is 209 Å². The lowest BCUT2D eigenvalue weighted by molar-refractivity contribution is -0.142. The van der Waals surface area contributed by atoms with E-state index in [1.807, 2.05) is 48.5 Å². The molecule has 0 radical (unpaired) electrons. The Morgan fingerprint density at radius 1 is 1.06 bits per heavy atom. The SMILES string of the molecule is CCOC(=O)CNCC(=O)C1CCN(CCOc2ccc(Oc3nc4ccccc4s3)cc2)CC1. The van der Waals surface area contributed by atoms with Crippen molar-refractivity contribution in [3.63, 3.8) is 0 Å². The molecule has 1 saturated heterocycles. The van der Waals surface area contributed by atoms with Gasteiger partial charge < -0.3 is 19.5 Å². The molecule has 35 heavy (non-hydrogen) atoms. The minimum absolute atomic E-state index is 0.0461. The number of likely N-dealkylation sites (tertiary alicyclic amines) is 1. The Morgan fingerprint density at radius 3 is 2.54 bits per heavy atom. The summed E-state index contributed by atoms with van der Waals surface area (Å²) in [4.78, 5) is 30.5. The average Bonchev–Trinajstić information content (AvgIpc) is 3.28. The van der Waals surface area contributed by atoms with E-state index in [2.05, 4.69) is 15.2 Å². The van der Waals surface area contributed by atoms with E-state index in [9.17, 15) is 9.59 Å². The fourth-order valence-electron chi connectivity index (χ4n) is 4.01. The first kappa shape index (κ1) is 25.1. The van der Waals surface area contributed by atoms with Crippen LogP contribution in [-0.4, -0.2) is 67.6 Å². The largest absolute Gasteiger partial charge is 0.492 e. The summed E-state index contributed by atoms with van der Waals surface area (Å²) in [5.41, 5.74) is 0.937. The molecular formula is C26H31N3O5S. The minimum Gasteiger partial charge on any atom is -0.492 e. The van der Waals surface area contributed by atoms with Gasteiger partial charge >= 0.3 is 5.97 Å². The van der Waals surface area contributed by atoms with Gasteiger partial charge in [-0.2, -0.15) is 0 Å². The third kappa shape index (κ3) is 7.48. The molecule has 1 aliphatic heterocycles. The maximum absolute atomic E-state index is 12.4. The van der Waals surface area contributed by atoms with Crippen molar-refractivity contribution in [1.29, 1.82) is 0 Å². The maximum atomic E-state index is 12.4. The summed E-state index contributed by atoms with van der Waals surface area (Å²) in [7, 11) is 0. The quantitative estimate of drug-likeness (QED) is 0.377. The summed E-state index contributed by atoms with van der Waals surface area (Å²) in [6.07, 6.45) is 1.66. The van der Waals surface area contributed by atoms with E-state index in [0.29, 0.717) is 18.4 Å². The number of ether oxygens (including phenoxy) is 3. The number of piperidine rings is 1. The number of para-hydroxylation sites is 1. The highest BCUT2D eigenvalue weighted by atomic mass is 32.1. The average molecular weight is 498 g/mol. The molecule has 8 nitrogen and oxygen atoms in total. The monoisotopic (exact) mass is 497 g/mol. The molecule has 186 valence electrons. The summed E-state index contributed by atoms with van der Waals surface area (Å²) in [5.74, 6) is 1.40. The van der Waals surface area contributed by atoms with Crippen molar-refractivity contribution in [2.24, 2.45) is 5.92 Å². The van der Waals surface area contributed by atoms with Gasteiger partial charge in [-0.25, -0.2) is 4.98 Å². The zero-order valence-corrected chi connectivity index (χ0v) is 20.7. The fourth-order valence-corrected chi connectivity index (χ4v) is 4.85. The van der Waals surface area contributed by atoms with Crippen LogP contribution in [0.1, 0.15) is 19.8 Å². The summed E-state index contributed by atoms with van der Waals surface area (Å²) in [6.45, 7) is 5.53. The molecule has 0 aliphatic carbocycles. The van der Waals surface area contributed by atoms with Gasteiger partial charge in [-0.15, -0.1) is 0 Å². The highest BCUT2D eigenvalue weighted by Crippen LogP contribution is 2.31. The Hall–Kier alpha value is -3.01. The van der Waals surface area contributed by atoms with E-state index >= 15 is 0 Å². The van der Waals surface area contributed by atoms with Crippen LogP contribution in [0.4, 0.5) is 0 Å². The van der Waals surface area contributed by atoms with E-state index in [1.54, 1.807) is 6.92 Å². The molecule has 3 aromatic rings. The molecule has 0 atom stereocenters. The number of nitrogens with one attached hydrogen (secondary N) is 1. The minimum atomic E-state index is -0.328. The standard InChI is InChI=1S/C26H31N3O5S/c1-2-32-25(31)18-27-17-23(30)19-11-13-29(14-12-19)15-16-33-20-7-9-21(10-8-20)34-26-28-22-5-3-4-6-24(22)35-26/h3-10,19,27H,2,11-18H2,1H3. The topological polar surface area (TPSA) is 90.0 Å². The van der Waals surface area contributed by atoms with Crippen LogP contribution in [-0.2, 0) is 14.3 Å². The number of nitrogens with zero attached hydrogens (tertiary/aromatic N) is 2. The molecule has 2 heterocycles. The summed E-state index contributed by atoms with van der Waals surface area (Å²) in [5, 5.41) is 3.51. The number of thiazole rings is 1. The predicted octanol–water partition coefficient (Wildman–Crippen LogP) is 3.90. The zero-order chi connectivity index (χ0) is 24.5. The van der Waals surface area contributed by atoms with Gasteiger partial charge in [0.1, 0.15) is 23.9 Å². The second kappa shape index (κ2) is 12.6. The normalized spacial score (nSPS) is 14.7. The molecule has 0 amide bonds. The van der Waals surface area contributed by atoms with Crippen LogP contribution in [0.2, 0.25) is 0 Å². The summed E-state index contributed by atoms with van der Waals surface area (Å²) in [6, 6.07) is 15.5. The van der Waals surface area contributed by atoms with Crippen molar-refractivity contribution in [1.82, 2.24) is 15.2 Å². The Balaban J connectivity index is 1.12. The lowest BCUT2D eigenvalue weighted by Crippen LogP contribution is -2.41. The van der Waals surface area contributed by atoms with E-state index in [4.69, 9.17) is 14.2 Å². The number of carbonyl (C=O) groups excluding carboxylic acids is 2. The molecule has 0 unspecified atom stereocenters. The van der Waals surface area contributed by atoms with E-state index in [1.165, 1.54) is 11.3 Å². The van der Waals surface area contributed by atoms with Gasteiger partial charge in [-0.05, 0) is 69.3 Å². The van der Waals surface area contributed by atoms with Crippen LogP contribution in [0.5, 0.6) is 16.7 Å². The number of fused-ring (bicyclic) bond motifs is 1. The molecule has 1 aromatic heterocycles. The van der Waals surface area contributed by atoms with Crippen molar-refractivity contribution < 1.29 is 23.8 Å². The van der Waals surface area contributed by atoms with Crippen LogP contribution in [0, 0.1) is 5.92 Å². The van der Waals surface area contributed by atoms with E-state index < -0.39 is 0 Å². The van der Waals surface area contributed by atoms with Crippen LogP contribution in [0.25, 0.3) is 10.2 Å². The molecular weight excluding hydrogens is 466 g/mol. The van der Waals surface area contributed by atoms with Gasteiger partial charge in [0.25, 0.3) is 5.19 Å². The maximum Gasteiger partial charge on any atom is 0.319 e. The van der Waals surface area contributed by atoms with Crippen molar-refractivity contribution in [2.75, 3.05) is 45.9 Å². The number of ketones is 1. The highest BCUT2D eigenvalue weighted by molar-refractivity contribution is 7.20. The lowest BCUT2D eigenvalue weighted by Gasteiger charge is -2.31. The van der Waals surface area contributed by atoms with E-state index in [-0.39, 0.29) is 30.8 Å². The van der Waals surface area contributed by atoms with Crippen LogP contribution >= 0.6 is 11.3 Å². The van der Waals surface area contributed by atoms with Gasteiger partial charge in [0, 0.05) is 12.5 Å². The number of carbonyl (C=O) groups is 2. The van der Waals surface area contributed by atoms with Crippen molar-refractivity contribution >= 4 is 33.3 Å². The summed E-state index contributed by atoms with van der Waals surface area (Å²) >= 11 is 1.52. The number of esters is 1. The number of aromatic nitrogens is 1. The Kier molecular flexibility index (Phi) is 9.05. The number of benzene rings is 2. The molecule has 1 N–H and O–H groups in total. The van der Waals surface area contributed by atoms with E-state index in [0.717, 1.165) is 54.2 Å². The first-order valence-electron chi connectivity index (χ1n) is 12.0. The Bertz CT molecular complexity index is 1080. The number of Topliss-reactive ketones (excluding diaryl/α,β-unsaturated/α-hetero) is 1.